The number of carbonyl (C=O) groups excluding carboxylic acids is 1. The van der Waals surface area contributed by atoms with Crippen molar-refractivity contribution in [1.29, 1.82) is 0 Å². The summed E-state index contributed by atoms with van der Waals surface area (Å²) in [5.74, 6) is -0.758. The molecule has 0 heterocycles. The number of halogens is 4. The van der Waals surface area contributed by atoms with E-state index in [2.05, 4.69) is 10.6 Å². The normalized spacial score (nSPS) is 13.3. The monoisotopic (exact) mass is 444 g/mol. The zero-order valence-electron chi connectivity index (χ0n) is 15.8. The van der Waals surface area contributed by atoms with Gasteiger partial charge in [0.25, 0.3) is 5.91 Å². The molecule has 0 aromatic heterocycles. The minimum absolute atomic E-state index is 0.324. The van der Waals surface area contributed by atoms with Gasteiger partial charge in [-0.15, -0.1) is 0 Å². The van der Waals surface area contributed by atoms with Gasteiger partial charge in [0, 0.05) is 6.54 Å². The maximum Gasteiger partial charge on any atom is 0.253 e. The molecule has 0 aliphatic heterocycles. The van der Waals surface area contributed by atoms with Crippen LogP contribution in [0.15, 0.2) is 48.5 Å². The first-order valence-electron chi connectivity index (χ1n) is 9.24. The summed E-state index contributed by atoms with van der Waals surface area (Å²) in [6.07, 6.45) is -0.732. The van der Waals surface area contributed by atoms with Crippen molar-refractivity contribution in [1.82, 2.24) is 10.6 Å². The number of amides is 1. The largest absolute Gasteiger partial charge is 0.386 e. The van der Waals surface area contributed by atoms with Crippen LogP contribution < -0.4 is 10.6 Å². The number of nitrogens with one attached hydrogen (secondary N) is 2. The molecule has 2 aromatic rings. The molecule has 2 atom stereocenters. The minimum atomic E-state index is -1.33. The van der Waals surface area contributed by atoms with Gasteiger partial charge in [-0.1, -0.05) is 71.7 Å². The van der Waals surface area contributed by atoms with Gasteiger partial charge in [-0.2, -0.15) is 0 Å². The van der Waals surface area contributed by atoms with Gasteiger partial charge in [0.2, 0.25) is 0 Å². The fraction of sp³-hybridized carbons (Fsp3) is 0.381. The molecule has 0 aliphatic carbocycles. The lowest BCUT2D eigenvalue weighted by atomic mass is 9.98. The molecule has 3 N–H and O–H groups in total. The molecule has 2 rings (SSSR count). The van der Waals surface area contributed by atoms with Gasteiger partial charge < -0.3 is 15.7 Å². The van der Waals surface area contributed by atoms with Crippen LogP contribution in [0.2, 0.25) is 0 Å². The third-order valence-corrected chi connectivity index (χ3v) is 4.83. The number of carbonyl (C=O) groups is 1. The zero-order valence-corrected chi connectivity index (χ0v) is 17.3. The van der Waals surface area contributed by atoms with Crippen LogP contribution >= 0.6 is 23.2 Å². The molecule has 158 valence electrons. The van der Waals surface area contributed by atoms with Crippen molar-refractivity contribution in [2.24, 2.45) is 0 Å². The molecular formula is C21H24Cl2F2N2O2. The van der Waals surface area contributed by atoms with Crippen LogP contribution in [-0.4, -0.2) is 41.8 Å². The van der Waals surface area contributed by atoms with Crippen LogP contribution in [0.5, 0.6) is 0 Å². The Morgan fingerprint density at radius 2 is 1.59 bits per heavy atom. The number of aliphatic hydroxyl groups is 1. The summed E-state index contributed by atoms with van der Waals surface area (Å²) >= 11 is 10.9. The van der Waals surface area contributed by atoms with E-state index < -0.39 is 29.6 Å². The van der Waals surface area contributed by atoms with E-state index in [1.807, 2.05) is 36.4 Å². The minimum Gasteiger partial charge on any atom is -0.386 e. The third-order valence-electron chi connectivity index (χ3n) is 4.43. The van der Waals surface area contributed by atoms with E-state index in [0.717, 1.165) is 16.7 Å². The summed E-state index contributed by atoms with van der Waals surface area (Å²) in [5.41, 5.74) is 3.48. The van der Waals surface area contributed by atoms with Crippen molar-refractivity contribution in [3.63, 3.8) is 0 Å². The summed E-state index contributed by atoms with van der Waals surface area (Å²) in [5, 5.41) is 15.8. The van der Waals surface area contributed by atoms with E-state index in [9.17, 15) is 18.7 Å². The lowest BCUT2D eigenvalue weighted by Crippen LogP contribution is -2.43. The Kier molecular flexibility index (Phi) is 9.81. The van der Waals surface area contributed by atoms with E-state index in [-0.39, 0.29) is 6.67 Å². The predicted molar refractivity (Wildman–Crippen MR) is 113 cm³/mol. The van der Waals surface area contributed by atoms with E-state index in [1.165, 1.54) is 0 Å². The molecule has 2 aromatic carbocycles. The number of aliphatic hydroxyl groups excluding tert-OH is 1. The molecule has 0 bridgehead atoms. The van der Waals surface area contributed by atoms with Gasteiger partial charge in [-0.05, 0) is 35.2 Å². The third kappa shape index (κ3) is 7.23. The highest BCUT2D eigenvalue weighted by Crippen LogP contribution is 2.24. The molecule has 0 unspecified atom stereocenters. The SMILES string of the molecule is O=C(N[C@H](CF)[C@H](O)c1ccc(-c2ccc(CNCCCF)cc2)cc1)C(Cl)Cl. The Morgan fingerprint density at radius 1 is 1.00 bits per heavy atom. The van der Waals surface area contributed by atoms with Crippen LogP contribution in [0.4, 0.5) is 8.78 Å². The van der Waals surface area contributed by atoms with Crippen LogP contribution in [0.3, 0.4) is 0 Å². The smallest absolute Gasteiger partial charge is 0.253 e. The average molecular weight is 445 g/mol. The standard InChI is InChI=1S/C21H24Cl2F2N2O2/c22-20(23)21(29)27-18(12-25)19(28)17-8-6-16(7-9-17)15-4-2-14(3-5-15)13-26-11-1-10-24/h2-9,18-20,26,28H,1,10-13H2,(H,27,29)/t18-,19-/m1/s1. The molecule has 29 heavy (non-hydrogen) atoms. The van der Waals surface area contributed by atoms with Crippen molar-refractivity contribution in [3.8, 4) is 11.1 Å². The maximum absolute atomic E-state index is 13.2. The van der Waals surface area contributed by atoms with Crippen LogP contribution in [0, 0.1) is 0 Å². The summed E-state index contributed by atoms with van der Waals surface area (Å²) in [6, 6.07) is 13.8. The second kappa shape index (κ2) is 12.1. The second-order valence-corrected chi connectivity index (χ2v) is 7.65. The van der Waals surface area contributed by atoms with Crippen molar-refractivity contribution in [2.75, 3.05) is 19.9 Å². The molecule has 0 spiro atoms. The number of alkyl halides is 4. The molecule has 8 heteroatoms. The lowest BCUT2D eigenvalue weighted by molar-refractivity contribution is -0.121. The highest BCUT2D eigenvalue weighted by atomic mass is 35.5. The zero-order chi connectivity index (χ0) is 21.2. The summed E-state index contributed by atoms with van der Waals surface area (Å²) in [7, 11) is 0. The highest BCUT2D eigenvalue weighted by molar-refractivity contribution is 6.53. The van der Waals surface area contributed by atoms with Gasteiger partial charge in [-0.3, -0.25) is 9.18 Å². The van der Waals surface area contributed by atoms with Crippen molar-refractivity contribution in [3.05, 3.63) is 59.7 Å². The van der Waals surface area contributed by atoms with Crippen LogP contribution in [-0.2, 0) is 11.3 Å². The lowest BCUT2D eigenvalue weighted by Gasteiger charge is -2.22. The molecule has 0 saturated carbocycles. The predicted octanol–water partition coefficient (Wildman–Crippen LogP) is 4.09. The number of rotatable bonds is 11. The molecule has 0 fully saturated rings. The topological polar surface area (TPSA) is 61.4 Å². The van der Waals surface area contributed by atoms with Gasteiger partial charge >= 0.3 is 0 Å². The van der Waals surface area contributed by atoms with Crippen molar-refractivity contribution < 1.29 is 18.7 Å². The number of benzene rings is 2. The first kappa shape index (κ1) is 23.5. The Hall–Kier alpha value is -1.73. The summed E-state index contributed by atoms with van der Waals surface area (Å²) < 4.78 is 25.3. The van der Waals surface area contributed by atoms with Crippen LogP contribution in [0.1, 0.15) is 23.7 Å². The maximum atomic E-state index is 13.2. The van der Waals surface area contributed by atoms with Gasteiger partial charge in [0.1, 0.15) is 12.8 Å². The highest BCUT2D eigenvalue weighted by Gasteiger charge is 2.25. The van der Waals surface area contributed by atoms with E-state index in [1.54, 1.807) is 12.1 Å². The fourth-order valence-corrected chi connectivity index (χ4v) is 2.92. The molecule has 4 nitrogen and oxygen atoms in total. The second-order valence-electron chi connectivity index (χ2n) is 6.55. The van der Waals surface area contributed by atoms with Crippen molar-refractivity contribution in [2.45, 2.75) is 29.9 Å². The molecule has 1 amide bonds. The Balaban J connectivity index is 2.00. The Labute approximate surface area is 179 Å². The Bertz CT molecular complexity index is 758. The van der Waals surface area contributed by atoms with E-state index >= 15 is 0 Å². The van der Waals surface area contributed by atoms with Gasteiger partial charge in [-0.25, -0.2) is 4.39 Å². The summed E-state index contributed by atoms with van der Waals surface area (Å²) in [6.45, 7) is 0.0248. The molecule has 0 aliphatic rings. The molecule has 0 saturated heterocycles. The number of hydrogen-bond donors (Lipinski definition) is 3. The van der Waals surface area contributed by atoms with E-state index in [0.29, 0.717) is 25.1 Å². The quantitative estimate of drug-likeness (QED) is 0.361. The van der Waals surface area contributed by atoms with Gasteiger partial charge in [0.15, 0.2) is 4.84 Å². The average Bonchev–Trinajstić information content (AvgIpc) is 2.75. The molecule has 0 radical (unpaired) electrons. The van der Waals surface area contributed by atoms with Crippen LogP contribution in [0.25, 0.3) is 11.1 Å². The first-order chi connectivity index (χ1) is 14.0. The van der Waals surface area contributed by atoms with Crippen molar-refractivity contribution >= 4 is 29.1 Å². The first-order valence-corrected chi connectivity index (χ1v) is 10.1. The fourth-order valence-electron chi connectivity index (χ4n) is 2.79. The molecular weight excluding hydrogens is 421 g/mol. The van der Waals surface area contributed by atoms with Gasteiger partial charge in [0.05, 0.1) is 12.7 Å². The summed E-state index contributed by atoms with van der Waals surface area (Å²) in [4.78, 5) is 10.2. The number of hydrogen-bond acceptors (Lipinski definition) is 3. The Morgan fingerprint density at radius 3 is 2.10 bits per heavy atom. The van der Waals surface area contributed by atoms with E-state index in [4.69, 9.17) is 23.2 Å².